The molecule has 0 aliphatic rings. The SMILES string of the molecule is C[C@H](Sc1ccc(F)cc1)C(=O)Nc1ccc(C#N)cc1. The van der Waals surface area contributed by atoms with Gasteiger partial charge in [-0.25, -0.2) is 4.39 Å². The molecule has 0 spiro atoms. The first-order chi connectivity index (χ1) is 10.1. The monoisotopic (exact) mass is 300 g/mol. The fourth-order valence-electron chi connectivity index (χ4n) is 1.64. The number of benzene rings is 2. The Morgan fingerprint density at radius 1 is 1.19 bits per heavy atom. The van der Waals surface area contributed by atoms with Gasteiger partial charge < -0.3 is 5.32 Å². The molecular weight excluding hydrogens is 287 g/mol. The van der Waals surface area contributed by atoms with Crippen molar-refractivity contribution in [2.75, 3.05) is 5.32 Å². The lowest BCUT2D eigenvalue weighted by Gasteiger charge is -2.12. The van der Waals surface area contributed by atoms with Gasteiger partial charge in [0.25, 0.3) is 0 Å². The predicted molar refractivity (Wildman–Crippen MR) is 81.5 cm³/mol. The summed E-state index contributed by atoms with van der Waals surface area (Å²) in [5.74, 6) is -0.442. The average Bonchev–Trinajstić information content (AvgIpc) is 2.50. The van der Waals surface area contributed by atoms with E-state index in [1.165, 1.54) is 23.9 Å². The van der Waals surface area contributed by atoms with Gasteiger partial charge in [0.15, 0.2) is 0 Å². The molecule has 3 nitrogen and oxygen atoms in total. The van der Waals surface area contributed by atoms with Crippen molar-refractivity contribution < 1.29 is 9.18 Å². The van der Waals surface area contributed by atoms with Gasteiger partial charge in [-0.05, 0) is 55.5 Å². The molecule has 0 aromatic heterocycles. The molecule has 0 unspecified atom stereocenters. The highest BCUT2D eigenvalue weighted by Gasteiger charge is 2.14. The number of anilines is 1. The highest BCUT2D eigenvalue weighted by Crippen LogP contribution is 2.24. The third-order valence-corrected chi connectivity index (χ3v) is 3.89. The van der Waals surface area contributed by atoms with Crippen LogP contribution in [0.3, 0.4) is 0 Å². The number of nitrogens with zero attached hydrogens (tertiary/aromatic N) is 1. The van der Waals surface area contributed by atoms with Crippen molar-refractivity contribution in [3.05, 3.63) is 59.9 Å². The minimum absolute atomic E-state index is 0.144. The van der Waals surface area contributed by atoms with Crippen molar-refractivity contribution in [2.24, 2.45) is 0 Å². The molecule has 1 atom stereocenters. The first kappa shape index (κ1) is 15.1. The Balaban J connectivity index is 1.95. The number of halogens is 1. The number of thioether (sulfide) groups is 1. The number of carbonyl (C=O) groups is 1. The van der Waals surface area contributed by atoms with Gasteiger partial charge in [-0.2, -0.15) is 5.26 Å². The van der Waals surface area contributed by atoms with Gasteiger partial charge >= 0.3 is 0 Å². The van der Waals surface area contributed by atoms with Crippen LogP contribution in [0.15, 0.2) is 53.4 Å². The fraction of sp³-hybridized carbons (Fsp3) is 0.125. The van der Waals surface area contributed by atoms with Crippen LogP contribution < -0.4 is 5.32 Å². The summed E-state index contributed by atoms with van der Waals surface area (Å²) >= 11 is 1.36. The second-order valence-electron chi connectivity index (χ2n) is 4.39. The van der Waals surface area contributed by atoms with Crippen molar-refractivity contribution in [1.82, 2.24) is 0 Å². The van der Waals surface area contributed by atoms with E-state index in [4.69, 9.17) is 5.26 Å². The van der Waals surface area contributed by atoms with Crippen molar-refractivity contribution in [1.29, 1.82) is 5.26 Å². The molecule has 2 aromatic carbocycles. The van der Waals surface area contributed by atoms with E-state index < -0.39 is 0 Å². The van der Waals surface area contributed by atoms with E-state index in [-0.39, 0.29) is 17.0 Å². The summed E-state index contributed by atoms with van der Waals surface area (Å²) in [6.45, 7) is 1.78. The molecule has 0 radical (unpaired) electrons. The van der Waals surface area contributed by atoms with E-state index >= 15 is 0 Å². The number of nitriles is 1. The van der Waals surface area contributed by atoms with Crippen LogP contribution in [0.5, 0.6) is 0 Å². The summed E-state index contributed by atoms with van der Waals surface area (Å²) in [4.78, 5) is 12.9. The van der Waals surface area contributed by atoms with Crippen LogP contribution in [0.2, 0.25) is 0 Å². The largest absolute Gasteiger partial charge is 0.325 e. The van der Waals surface area contributed by atoms with E-state index in [2.05, 4.69) is 5.32 Å². The molecule has 2 aromatic rings. The third-order valence-electron chi connectivity index (χ3n) is 2.78. The minimum Gasteiger partial charge on any atom is -0.325 e. The maximum Gasteiger partial charge on any atom is 0.237 e. The van der Waals surface area contributed by atoms with Crippen molar-refractivity contribution in [3.8, 4) is 6.07 Å². The Kier molecular flexibility index (Phi) is 4.96. The topological polar surface area (TPSA) is 52.9 Å². The second-order valence-corrected chi connectivity index (χ2v) is 5.81. The number of hydrogen-bond donors (Lipinski definition) is 1. The van der Waals surface area contributed by atoms with Crippen LogP contribution in [0.4, 0.5) is 10.1 Å². The molecule has 0 saturated carbocycles. The molecule has 0 aliphatic heterocycles. The molecule has 0 bridgehead atoms. The molecule has 1 amide bonds. The van der Waals surface area contributed by atoms with E-state index in [0.29, 0.717) is 11.3 Å². The second kappa shape index (κ2) is 6.91. The van der Waals surface area contributed by atoms with Gasteiger partial charge in [-0.15, -0.1) is 11.8 Å². The van der Waals surface area contributed by atoms with Gasteiger partial charge in [0, 0.05) is 10.6 Å². The lowest BCUT2D eigenvalue weighted by Crippen LogP contribution is -2.22. The predicted octanol–water partition coefficient (Wildman–Crippen LogP) is 3.82. The molecule has 0 aliphatic carbocycles. The number of amides is 1. The van der Waals surface area contributed by atoms with Crippen LogP contribution in [0, 0.1) is 17.1 Å². The van der Waals surface area contributed by atoms with Crippen LogP contribution in [-0.4, -0.2) is 11.2 Å². The van der Waals surface area contributed by atoms with Crippen molar-refractivity contribution in [2.45, 2.75) is 17.1 Å². The molecular formula is C16H13FN2OS. The Morgan fingerprint density at radius 3 is 2.38 bits per heavy atom. The highest BCUT2D eigenvalue weighted by molar-refractivity contribution is 8.00. The molecule has 106 valence electrons. The van der Waals surface area contributed by atoms with E-state index in [1.807, 2.05) is 6.07 Å². The Hall–Kier alpha value is -2.32. The van der Waals surface area contributed by atoms with Crippen LogP contribution >= 0.6 is 11.8 Å². The zero-order valence-corrected chi connectivity index (χ0v) is 12.2. The van der Waals surface area contributed by atoms with Gasteiger partial charge in [0.05, 0.1) is 16.9 Å². The molecule has 5 heteroatoms. The Labute approximate surface area is 126 Å². The third kappa shape index (κ3) is 4.33. The van der Waals surface area contributed by atoms with Crippen LogP contribution in [0.25, 0.3) is 0 Å². The first-order valence-electron chi connectivity index (χ1n) is 6.32. The minimum atomic E-state index is -0.314. The van der Waals surface area contributed by atoms with Crippen molar-refractivity contribution >= 4 is 23.4 Å². The molecule has 21 heavy (non-hydrogen) atoms. The number of rotatable bonds is 4. The smallest absolute Gasteiger partial charge is 0.237 e. The van der Waals surface area contributed by atoms with Crippen LogP contribution in [-0.2, 0) is 4.79 Å². The normalized spacial score (nSPS) is 11.5. The van der Waals surface area contributed by atoms with Gasteiger partial charge in [0.1, 0.15) is 5.82 Å². The maximum absolute atomic E-state index is 12.8. The highest BCUT2D eigenvalue weighted by atomic mass is 32.2. The van der Waals surface area contributed by atoms with E-state index in [0.717, 1.165) is 4.90 Å². The molecule has 0 saturated heterocycles. The Bertz CT molecular complexity index is 662. The van der Waals surface area contributed by atoms with E-state index in [1.54, 1.807) is 43.3 Å². The fourth-order valence-corrected chi connectivity index (χ4v) is 2.51. The zero-order chi connectivity index (χ0) is 15.2. The first-order valence-corrected chi connectivity index (χ1v) is 7.19. The number of hydrogen-bond acceptors (Lipinski definition) is 3. The maximum atomic E-state index is 12.8. The summed E-state index contributed by atoms with van der Waals surface area (Å²) in [6, 6.07) is 14.7. The molecule has 2 rings (SSSR count). The number of carbonyl (C=O) groups excluding carboxylic acids is 1. The molecule has 1 N–H and O–H groups in total. The summed E-state index contributed by atoms with van der Waals surface area (Å²) < 4.78 is 12.8. The van der Waals surface area contributed by atoms with Gasteiger partial charge in [-0.1, -0.05) is 0 Å². The van der Waals surface area contributed by atoms with Gasteiger partial charge in [-0.3, -0.25) is 4.79 Å². The summed E-state index contributed by atoms with van der Waals surface area (Å²) in [6.07, 6.45) is 0. The van der Waals surface area contributed by atoms with Crippen molar-refractivity contribution in [3.63, 3.8) is 0 Å². The lowest BCUT2D eigenvalue weighted by molar-refractivity contribution is -0.115. The summed E-state index contributed by atoms with van der Waals surface area (Å²) in [5.41, 5.74) is 1.19. The number of nitrogens with one attached hydrogen (secondary N) is 1. The zero-order valence-electron chi connectivity index (χ0n) is 11.3. The standard InChI is InChI=1S/C16H13FN2OS/c1-11(21-15-8-4-13(17)5-9-15)16(20)19-14-6-2-12(10-18)3-7-14/h2-9,11H,1H3,(H,19,20)/t11-/m0/s1. The quantitative estimate of drug-likeness (QED) is 0.873. The average molecular weight is 300 g/mol. The molecule has 0 fully saturated rings. The molecule has 0 heterocycles. The van der Waals surface area contributed by atoms with Crippen LogP contribution in [0.1, 0.15) is 12.5 Å². The Morgan fingerprint density at radius 2 is 1.81 bits per heavy atom. The van der Waals surface area contributed by atoms with Gasteiger partial charge in [0.2, 0.25) is 5.91 Å². The lowest BCUT2D eigenvalue weighted by atomic mass is 10.2. The summed E-state index contributed by atoms with van der Waals surface area (Å²) in [5, 5.41) is 11.2. The van der Waals surface area contributed by atoms with E-state index in [9.17, 15) is 9.18 Å². The summed E-state index contributed by atoms with van der Waals surface area (Å²) in [7, 11) is 0.